The van der Waals surface area contributed by atoms with Gasteiger partial charge in [0.25, 0.3) is 0 Å². The van der Waals surface area contributed by atoms with Crippen molar-refractivity contribution in [3.63, 3.8) is 0 Å². The lowest BCUT2D eigenvalue weighted by Gasteiger charge is -2.33. The van der Waals surface area contributed by atoms with Gasteiger partial charge in [0.15, 0.2) is 0 Å². The maximum Gasteiger partial charge on any atom is 0.393 e. The van der Waals surface area contributed by atoms with Crippen LogP contribution in [0.5, 0.6) is 0 Å². The Labute approximate surface area is 107 Å². The van der Waals surface area contributed by atoms with Crippen molar-refractivity contribution >= 4 is 21.8 Å². The summed E-state index contributed by atoms with van der Waals surface area (Å²) in [6.45, 7) is 1.81. The van der Waals surface area contributed by atoms with Crippen molar-refractivity contribution in [3.05, 3.63) is 0 Å². The van der Waals surface area contributed by atoms with Gasteiger partial charge in [-0.25, -0.2) is 0 Å². The minimum absolute atomic E-state index is 0.119. The highest BCUT2D eigenvalue weighted by atomic mass is 79.9. The molecule has 1 aliphatic rings. The third kappa shape index (κ3) is 4.16. The minimum Gasteiger partial charge on any atom is -0.352 e. The number of rotatable bonds is 3. The summed E-state index contributed by atoms with van der Waals surface area (Å²) in [5.74, 6) is -1.73. The molecule has 0 spiro atoms. The van der Waals surface area contributed by atoms with Gasteiger partial charge in [0.05, 0.1) is 10.7 Å². The molecule has 1 fully saturated rings. The maximum atomic E-state index is 12.8. The molecule has 17 heavy (non-hydrogen) atoms. The van der Waals surface area contributed by atoms with Gasteiger partial charge >= 0.3 is 6.18 Å². The Morgan fingerprint density at radius 1 is 1.41 bits per heavy atom. The zero-order chi connectivity index (χ0) is 13.1. The first-order valence-electron chi connectivity index (χ1n) is 5.87. The molecule has 0 aliphatic heterocycles. The first kappa shape index (κ1) is 14.8. The van der Waals surface area contributed by atoms with Crippen molar-refractivity contribution in [2.45, 2.75) is 56.1 Å². The fourth-order valence-electron chi connectivity index (χ4n) is 2.15. The zero-order valence-corrected chi connectivity index (χ0v) is 11.3. The van der Waals surface area contributed by atoms with Crippen LogP contribution in [0.4, 0.5) is 13.2 Å². The van der Waals surface area contributed by atoms with Crippen molar-refractivity contribution < 1.29 is 18.0 Å². The molecule has 1 aliphatic carbocycles. The van der Waals surface area contributed by atoms with Gasteiger partial charge in [-0.3, -0.25) is 4.79 Å². The van der Waals surface area contributed by atoms with E-state index in [1.165, 1.54) is 0 Å². The fourth-order valence-corrected chi connectivity index (χ4v) is 2.29. The highest BCUT2D eigenvalue weighted by molar-refractivity contribution is 9.10. The molecule has 0 aromatic rings. The summed E-state index contributed by atoms with van der Waals surface area (Å²) in [4.78, 5) is 11.2. The Hall–Kier alpha value is -0.260. The zero-order valence-electron chi connectivity index (χ0n) is 9.69. The number of nitrogens with one attached hydrogen (secondary N) is 1. The molecule has 0 aromatic carbocycles. The third-order valence-electron chi connectivity index (χ3n) is 3.16. The fraction of sp³-hybridized carbons (Fsp3) is 0.909. The number of amides is 1. The molecule has 3 unspecified atom stereocenters. The number of carbonyl (C=O) groups excluding carboxylic acids is 1. The van der Waals surface area contributed by atoms with Gasteiger partial charge in [0.1, 0.15) is 0 Å². The average Bonchev–Trinajstić information content (AvgIpc) is 2.27. The van der Waals surface area contributed by atoms with E-state index < -0.39 is 23.0 Å². The molecule has 0 saturated heterocycles. The van der Waals surface area contributed by atoms with Crippen LogP contribution < -0.4 is 5.32 Å². The van der Waals surface area contributed by atoms with E-state index in [0.29, 0.717) is 19.3 Å². The summed E-state index contributed by atoms with van der Waals surface area (Å²) in [6, 6.07) is -0.761. The summed E-state index contributed by atoms with van der Waals surface area (Å²) in [5, 5.41) is 2.52. The molecule has 2 nitrogen and oxygen atoms in total. The van der Waals surface area contributed by atoms with Crippen LogP contribution >= 0.6 is 15.9 Å². The highest BCUT2D eigenvalue weighted by Crippen LogP contribution is 2.37. The van der Waals surface area contributed by atoms with Crippen LogP contribution in [0.3, 0.4) is 0 Å². The third-order valence-corrected chi connectivity index (χ3v) is 4.22. The van der Waals surface area contributed by atoms with E-state index in [0.717, 1.165) is 6.42 Å². The molecule has 0 radical (unpaired) electrons. The summed E-state index contributed by atoms with van der Waals surface area (Å²) in [5.41, 5.74) is 0. The van der Waals surface area contributed by atoms with Gasteiger partial charge in [-0.2, -0.15) is 13.2 Å². The standard InChI is InChI=1S/C11H17BrF3NO/c1-2-8(12)10(17)16-9-6-4-3-5-7(9)11(13,14)15/h7-9H,2-6H2,1H3,(H,16,17). The first-order valence-corrected chi connectivity index (χ1v) is 6.79. The predicted molar refractivity (Wildman–Crippen MR) is 62.9 cm³/mol. The molecule has 6 heteroatoms. The lowest BCUT2D eigenvalue weighted by molar-refractivity contribution is -0.189. The van der Waals surface area contributed by atoms with E-state index in [4.69, 9.17) is 0 Å². The van der Waals surface area contributed by atoms with Gasteiger partial charge in [0.2, 0.25) is 5.91 Å². The number of hydrogen-bond donors (Lipinski definition) is 1. The summed E-state index contributed by atoms with van der Waals surface area (Å²) in [6.07, 6.45) is -1.78. The Bertz CT molecular complexity index is 270. The average molecular weight is 316 g/mol. The Balaban J connectivity index is 2.63. The van der Waals surface area contributed by atoms with Gasteiger partial charge in [-0.1, -0.05) is 35.7 Å². The van der Waals surface area contributed by atoms with E-state index in [1.54, 1.807) is 6.92 Å². The molecule has 100 valence electrons. The largest absolute Gasteiger partial charge is 0.393 e. The number of halogens is 4. The van der Waals surface area contributed by atoms with Gasteiger partial charge in [-0.05, 0) is 19.3 Å². The van der Waals surface area contributed by atoms with Crippen LogP contribution in [0.25, 0.3) is 0 Å². The SMILES string of the molecule is CCC(Br)C(=O)NC1CCCCC1C(F)(F)F. The Kier molecular flexibility index (Phi) is 5.28. The second kappa shape index (κ2) is 6.07. The number of carbonyl (C=O) groups is 1. The van der Waals surface area contributed by atoms with Crippen LogP contribution in [0.2, 0.25) is 0 Å². The molecule has 0 heterocycles. The minimum atomic E-state index is -4.22. The Morgan fingerprint density at radius 3 is 2.53 bits per heavy atom. The van der Waals surface area contributed by atoms with E-state index in [-0.39, 0.29) is 12.3 Å². The van der Waals surface area contributed by atoms with Gasteiger partial charge < -0.3 is 5.32 Å². The maximum absolute atomic E-state index is 12.8. The molecule has 0 bridgehead atoms. The molecule has 3 atom stereocenters. The molecule has 1 amide bonds. The topological polar surface area (TPSA) is 29.1 Å². The molecule has 1 rings (SSSR count). The van der Waals surface area contributed by atoms with E-state index >= 15 is 0 Å². The van der Waals surface area contributed by atoms with Crippen LogP contribution in [0, 0.1) is 5.92 Å². The van der Waals surface area contributed by atoms with Crippen LogP contribution in [-0.4, -0.2) is 23.0 Å². The first-order chi connectivity index (χ1) is 7.86. The van der Waals surface area contributed by atoms with E-state index in [9.17, 15) is 18.0 Å². The summed E-state index contributed by atoms with van der Waals surface area (Å²) < 4.78 is 38.3. The molecule has 0 aromatic heterocycles. The van der Waals surface area contributed by atoms with Crippen molar-refractivity contribution in [2.24, 2.45) is 5.92 Å². The van der Waals surface area contributed by atoms with Crippen molar-refractivity contribution in [1.29, 1.82) is 0 Å². The Morgan fingerprint density at radius 2 is 2.00 bits per heavy atom. The summed E-state index contributed by atoms with van der Waals surface area (Å²) >= 11 is 3.15. The lowest BCUT2D eigenvalue weighted by atomic mass is 9.84. The number of hydrogen-bond acceptors (Lipinski definition) is 1. The predicted octanol–water partition coefficient (Wildman–Crippen LogP) is 3.40. The lowest BCUT2D eigenvalue weighted by Crippen LogP contribution is -2.49. The summed E-state index contributed by atoms with van der Waals surface area (Å²) in [7, 11) is 0. The highest BCUT2D eigenvalue weighted by Gasteiger charge is 2.46. The van der Waals surface area contributed by atoms with Crippen LogP contribution in [0.1, 0.15) is 39.0 Å². The normalized spacial score (nSPS) is 27.6. The monoisotopic (exact) mass is 315 g/mol. The second-order valence-corrected chi connectivity index (χ2v) is 5.53. The van der Waals surface area contributed by atoms with E-state index in [1.807, 2.05) is 0 Å². The molecule has 1 saturated carbocycles. The van der Waals surface area contributed by atoms with Crippen LogP contribution in [-0.2, 0) is 4.79 Å². The molecular formula is C11H17BrF3NO. The van der Waals surface area contributed by atoms with Crippen molar-refractivity contribution in [3.8, 4) is 0 Å². The van der Waals surface area contributed by atoms with E-state index in [2.05, 4.69) is 21.2 Å². The molecular weight excluding hydrogens is 299 g/mol. The van der Waals surface area contributed by atoms with Crippen LogP contribution in [0.15, 0.2) is 0 Å². The van der Waals surface area contributed by atoms with Gasteiger partial charge in [0, 0.05) is 6.04 Å². The molecule has 1 N–H and O–H groups in total. The number of alkyl halides is 4. The van der Waals surface area contributed by atoms with Crippen molar-refractivity contribution in [2.75, 3.05) is 0 Å². The second-order valence-electron chi connectivity index (χ2n) is 4.42. The quantitative estimate of drug-likeness (QED) is 0.795. The van der Waals surface area contributed by atoms with Gasteiger partial charge in [-0.15, -0.1) is 0 Å². The smallest absolute Gasteiger partial charge is 0.352 e. The van der Waals surface area contributed by atoms with Crippen molar-refractivity contribution in [1.82, 2.24) is 5.32 Å².